The van der Waals surface area contributed by atoms with E-state index in [1.807, 2.05) is 0 Å². The average molecular weight is 488 g/mol. The van der Waals surface area contributed by atoms with Gasteiger partial charge >= 0.3 is 5.97 Å². The molecule has 0 aliphatic heterocycles. The Balaban J connectivity index is 1.60. The van der Waals surface area contributed by atoms with Gasteiger partial charge in [-0.15, -0.1) is 0 Å². The van der Waals surface area contributed by atoms with Gasteiger partial charge in [-0.3, -0.25) is 8.93 Å². The first-order valence-corrected chi connectivity index (χ1v) is 12.4. The lowest BCUT2D eigenvalue weighted by molar-refractivity contribution is 0.0600. The number of furan rings is 1. The van der Waals surface area contributed by atoms with E-state index in [1.165, 1.54) is 31.4 Å². The van der Waals surface area contributed by atoms with Gasteiger partial charge in [0.2, 0.25) is 5.09 Å². The van der Waals surface area contributed by atoms with Crippen molar-refractivity contribution in [3.05, 3.63) is 89.7 Å². The van der Waals surface area contributed by atoms with Crippen LogP contribution in [0.4, 0.5) is 10.1 Å². The molecule has 0 saturated heterocycles. The number of esters is 1. The third kappa shape index (κ3) is 4.96. The second-order valence-corrected chi connectivity index (χ2v) is 10.1. The molecule has 4 rings (SSSR count). The van der Waals surface area contributed by atoms with Gasteiger partial charge in [-0.05, 0) is 42.0 Å². The molecule has 4 aromatic rings. The zero-order chi connectivity index (χ0) is 23.6. The van der Waals surface area contributed by atoms with Crippen LogP contribution in [0.1, 0.15) is 15.9 Å². The Morgan fingerprint density at radius 2 is 1.79 bits per heavy atom. The van der Waals surface area contributed by atoms with Crippen LogP contribution in [0.5, 0.6) is 0 Å². The van der Waals surface area contributed by atoms with Crippen molar-refractivity contribution >= 4 is 43.4 Å². The molecule has 1 aromatic heterocycles. The number of rotatable bonds is 7. The molecule has 7 nitrogen and oxygen atoms in total. The number of halogens is 1. The molecule has 0 bridgehead atoms. The normalized spacial score (nSPS) is 12.4. The summed E-state index contributed by atoms with van der Waals surface area (Å²) in [7, 11) is -4.66. The number of para-hydroxylation sites is 1. The van der Waals surface area contributed by atoms with Crippen molar-refractivity contribution in [2.75, 3.05) is 11.8 Å². The lowest BCUT2D eigenvalue weighted by Gasteiger charge is -2.12. The molecule has 1 unspecified atom stereocenters. The van der Waals surface area contributed by atoms with Crippen LogP contribution in [0.25, 0.3) is 11.0 Å². The number of methoxy groups -OCH3 is 1. The van der Waals surface area contributed by atoms with E-state index in [0.717, 1.165) is 12.1 Å². The van der Waals surface area contributed by atoms with Crippen molar-refractivity contribution in [2.45, 2.75) is 15.7 Å². The number of hydrogen-bond donors (Lipinski definition) is 1. The molecule has 10 heteroatoms. The molecule has 1 atom stereocenters. The lowest BCUT2D eigenvalue weighted by atomic mass is 10.1. The first-order chi connectivity index (χ1) is 15.8. The summed E-state index contributed by atoms with van der Waals surface area (Å²) in [6.07, 6.45) is 0. The Morgan fingerprint density at radius 1 is 1.06 bits per heavy atom. The minimum Gasteiger partial charge on any atom is -0.465 e. The number of anilines is 1. The van der Waals surface area contributed by atoms with E-state index in [2.05, 4.69) is 9.46 Å². The topological polar surface area (TPSA) is 103 Å². The minimum absolute atomic E-state index is 0.0203. The number of carbonyl (C=O) groups excluding carboxylic acids is 1. The van der Waals surface area contributed by atoms with Gasteiger partial charge in [0, 0.05) is 11.5 Å². The predicted molar refractivity (Wildman–Crippen MR) is 121 cm³/mol. The maximum Gasteiger partial charge on any atom is 0.337 e. The van der Waals surface area contributed by atoms with E-state index in [9.17, 15) is 21.8 Å². The molecule has 33 heavy (non-hydrogen) atoms. The van der Waals surface area contributed by atoms with E-state index in [4.69, 9.17) is 4.42 Å². The van der Waals surface area contributed by atoms with Gasteiger partial charge in [0.15, 0.2) is 0 Å². The molecular formula is C23H18FNO6S2. The SMILES string of the molecule is COC(=O)c1ccc(CS(=O)c2ccc(F)cc2NS(=O)(=O)c2cc3ccccc3o2)cc1. The number of hydrogen-bond acceptors (Lipinski definition) is 6. The minimum atomic E-state index is -4.21. The summed E-state index contributed by atoms with van der Waals surface area (Å²) in [5.74, 6) is -1.17. The van der Waals surface area contributed by atoms with Crippen LogP contribution >= 0.6 is 0 Å². The summed E-state index contributed by atoms with van der Waals surface area (Å²) in [5, 5.41) is 0.249. The van der Waals surface area contributed by atoms with Crippen LogP contribution in [0.2, 0.25) is 0 Å². The molecular weight excluding hydrogens is 469 g/mol. The highest BCUT2D eigenvalue weighted by Gasteiger charge is 2.23. The predicted octanol–water partition coefficient (Wildman–Crippen LogP) is 4.47. The quantitative estimate of drug-likeness (QED) is 0.386. The van der Waals surface area contributed by atoms with Crippen molar-refractivity contribution in [3.63, 3.8) is 0 Å². The molecule has 0 radical (unpaired) electrons. The number of sulfonamides is 1. The second kappa shape index (κ2) is 9.16. The third-order valence-corrected chi connectivity index (χ3v) is 7.43. The largest absolute Gasteiger partial charge is 0.465 e. The fourth-order valence-corrected chi connectivity index (χ4v) is 5.48. The number of ether oxygens (including phenoxy) is 1. The van der Waals surface area contributed by atoms with E-state index in [-0.39, 0.29) is 21.4 Å². The van der Waals surface area contributed by atoms with Gasteiger partial charge in [0.25, 0.3) is 10.0 Å². The van der Waals surface area contributed by atoms with Gasteiger partial charge < -0.3 is 9.15 Å². The van der Waals surface area contributed by atoms with Crippen LogP contribution in [0.15, 0.2) is 87.2 Å². The first-order valence-electron chi connectivity index (χ1n) is 9.63. The summed E-state index contributed by atoms with van der Waals surface area (Å²) < 4.78 is 65.1. The smallest absolute Gasteiger partial charge is 0.337 e. The van der Waals surface area contributed by atoms with E-state index in [0.29, 0.717) is 22.1 Å². The number of fused-ring (bicyclic) bond motifs is 1. The maximum atomic E-state index is 13.9. The van der Waals surface area contributed by atoms with Crippen molar-refractivity contribution in [3.8, 4) is 0 Å². The molecule has 1 N–H and O–H groups in total. The Kier molecular flexibility index (Phi) is 6.30. The van der Waals surface area contributed by atoms with Gasteiger partial charge in [-0.1, -0.05) is 30.3 Å². The fourth-order valence-electron chi connectivity index (χ4n) is 3.15. The van der Waals surface area contributed by atoms with Gasteiger partial charge in [0.05, 0.1) is 39.8 Å². The van der Waals surface area contributed by atoms with Crippen molar-refractivity contribution in [1.82, 2.24) is 0 Å². The van der Waals surface area contributed by atoms with Crippen molar-refractivity contribution in [2.24, 2.45) is 0 Å². The van der Waals surface area contributed by atoms with E-state index < -0.39 is 32.6 Å². The summed E-state index contributed by atoms with van der Waals surface area (Å²) >= 11 is 0. The highest BCUT2D eigenvalue weighted by Crippen LogP contribution is 2.28. The van der Waals surface area contributed by atoms with Crippen molar-refractivity contribution in [1.29, 1.82) is 0 Å². The number of carbonyl (C=O) groups is 1. The Morgan fingerprint density at radius 3 is 2.48 bits per heavy atom. The standard InChI is InChI=1S/C23H18FNO6S2/c1-30-23(26)16-8-6-15(7-9-16)14-32(27)21-11-10-18(24)13-19(21)25-33(28,29)22-12-17-4-2-3-5-20(17)31-22/h2-13,25H,14H2,1H3. The summed E-state index contributed by atoms with van der Waals surface area (Å²) in [6, 6.07) is 17.8. The van der Waals surface area contributed by atoms with E-state index >= 15 is 0 Å². The molecule has 1 heterocycles. The molecule has 0 spiro atoms. The second-order valence-electron chi connectivity index (χ2n) is 7.03. The molecule has 0 saturated carbocycles. The number of benzene rings is 3. The highest BCUT2D eigenvalue weighted by atomic mass is 32.2. The average Bonchev–Trinajstić information content (AvgIpc) is 3.24. The zero-order valence-electron chi connectivity index (χ0n) is 17.3. The first kappa shape index (κ1) is 22.7. The van der Waals surface area contributed by atoms with Crippen LogP contribution in [0.3, 0.4) is 0 Å². The number of nitrogens with one attached hydrogen (secondary N) is 1. The molecule has 0 aliphatic carbocycles. The molecule has 170 valence electrons. The Labute approximate surface area is 191 Å². The Bertz CT molecular complexity index is 1430. The zero-order valence-corrected chi connectivity index (χ0v) is 18.9. The van der Waals surface area contributed by atoms with Crippen LogP contribution in [-0.4, -0.2) is 25.7 Å². The maximum absolute atomic E-state index is 13.9. The summed E-state index contributed by atoms with van der Waals surface area (Å²) in [4.78, 5) is 11.7. The molecule has 0 aliphatic rings. The highest BCUT2D eigenvalue weighted by molar-refractivity contribution is 7.92. The molecule has 0 fully saturated rings. The van der Waals surface area contributed by atoms with Gasteiger partial charge in [-0.2, -0.15) is 8.42 Å². The molecule has 0 amide bonds. The lowest BCUT2D eigenvalue weighted by Crippen LogP contribution is -2.14. The van der Waals surface area contributed by atoms with Crippen molar-refractivity contribution < 1.29 is 31.0 Å². The fraction of sp³-hybridized carbons (Fsp3) is 0.0870. The molecule has 3 aromatic carbocycles. The Hall–Kier alpha value is -3.50. The monoisotopic (exact) mass is 487 g/mol. The van der Waals surface area contributed by atoms with E-state index in [1.54, 1.807) is 36.4 Å². The van der Waals surface area contributed by atoms with Gasteiger partial charge in [0.1, 0.15) is 11.4 Å². The van der Waals surface area contributed by atoms with Crippen LogP contribution in [0, 0.1) is 5.82 Å². The summed E-state index contributed by atoms with van der Waals surface area (Å²) in [6.45, 7) is 0. The van der Waals surface area contributed by atoms with Crippen LogP contribution in [-0.2, 0) is 31.3 Å². The summed E-state index contributed by atoms with van der Waals surface area (Å²) in [5.41, 5.74) is 1.21. The van der Waals surface area contributed by atoms with Crippen LogP contribution < -0.4 is 4.72 Å². The third-order valence-electron chi connectivity index (χ3n) is 4.77. The van der Waals surface area contributed by atoms with Gasteiger partial charge in [-0.25, -0.2) is 9.18 Å².